The quantitative estimate of drug-likeness (QED) is 0.589. The normalized spacial score (nSPS) is 19.8. The van der Waals surface area contributed by atoms with Crippen LogP contribution in [0.2, 0.25) is 0 Å². The van der Waals surface area contributed by atoms with Crippen LogP contribution < -0.4 is 10.6 Å². The Morgan fingerprint density at radius 1 is 1.08 bits per heavy atom. The molecule has 7 heteroatoms. The van der Waals surface area contributed by atoms with E-state index >= 15 is 0 Å². The van der Waals surface area contributed by atoms with Gasteiger partial charge in [-0.15, -0.1) is 0 Å². The van der Waals surface area contributed by atoms with Crippen molar-refractivity contribution in [2.75, 3.05) is 26.7 Å². The lowest BCUT2D eigenvalue weighted by atomic mass is 9.85. The Labute approximate surface area is 157 Å². The maximum absolute atomic E-state index is 12.7. The number of hydrogen-bond donors (Lipinski definition) is 2. The minimum absolute atomic E-state index is 0.385. The molecule has 2 N–H and O–H groups in total. The number of piperidine rings is 1. The summed E-state index contributed by atoms with van der Waals surface area (Å²) in [5.41, 5.74) is 1.04. The minimum atomic E-state index is -3.35. The van der Waals surface area contributed by atoms with Gasteiger partial charge < -0.3 is 10.6 Å². The lowest BCUT2D eigenvalue weighted by Gasteiger charge is -2.26. The highest BCUT2D eigenvalue weighted by molar-refractivity contribution is 7.89. The van der Waals surface area contributed by atoms with Crippen LogP contribution in [0.25, 0.3) is 0 Å². The molecule has 0 bridgehead atoms. The van der Waals surface area contributed by atoms with Crippen LogP contribution in [0.5, 0.6) is 0 Å². The van der Waals surface area contributed by atoms with Crippen molar-refractivity contribution in [1.29, 1.82) is 0 Å². The van der Waals surface area contributed by atoms with Gasteiger partial charge in [0.25, 0.3) is 0 Å². The van der Waals surface area contributed by atoms with Crippen molar-refractivity contribution in [2.24, 2.45) is 10.9 Å². The number of guanidine groups is 1. The van der Waals surface area contributed by atoms with Gasteiger partial charge in [0.1, 0.15) is 0 Å². The summed E-state index contributed by atoms with van der Waals surface area (Å²) in [6, 6.07) is 7.18. The number of benzene rings is 1. The van der Waals surface area contributed by atoms with Crippen LogP contribution in [-0.2, 0) is 16.6 Å². The summed E-state index contributed by atoms with van der Waals surface area (Å²) < 4.78 is 27.0. The average molecular weight is 379 g/mol. The van der Waals surface area contributed by atoms with Crippen molar-refractivity contribution in [3.8, 4) is 0 Å². The molecule has 0 radical (unpaired) electrons. The van der Waals surface area contributed by atoms with E-state index in [9.17, 15) is 8.42 Å². The van der Waals surface area contributed by atoms with E-state index in [1.165, 1.54) is 19.3 Å². The molecule has 1 aliphatic carbocycles. The number of nitrogens with zero attached hydrogens (tertiary/aromatic N) is 2. The lowest BCUT2D eigenvalue weighted by molar-refractivity contribution is 0.314. The van der Waals surface area contributed by atoms with E-state index in [0.29, 0.717) is 24.5 Å². The molecular formula is C19H30N4O2S. The maximum atomic E-state index is 12.7. The van der Waals surface area contributed by atoms with Gasteiger partial charge in [-0.25, -0.2) is 8.42 Å². The van der Waals surface area contributed by atoms with Crippen LogP contribution in [0, 0.1) is 5.92 Å². The van der Waals surface area contributed by atoms with Crippen LogP contribution in [0.15, 0.2) is 34.2 Å². The van der Waals surface area contributed by atoms with E-state index in [2.05, 4.69) is 15.6 Å². The van der Waals surface area contributed by atoms with Crippen molar-refractivity contribution in [3.63, 3.8) is 0 Å². The topological polar surface area (TPSA) is 73.8 Å². The van der Waals surface area contributed by atoms with Gasteiger partial charge in [0, 0.05) is 33.2 Å². The van der Waals surface area contributed by atoms with Crippen LogP contribution in [0.1, 0.15) is 44.1 Å². The van der Waals surface area contributed by atoms with E-state index in [1.54, 1.807) is 23.5 Å². The van der Waals surface area contributed by atoms with Gasteiger partial charge in [-0.3, -0.25) is 4.99 Å². The van der Waals surface area contributed by atoms with Gasteiger partial charge >= 0.3 is 0 Å². The minimum Gasteiger partial charge on any atom is -0.356 e. The maximum Gasteiger partial charge on any atom is 0.243 e. The van der Waals surface area contributed by atoms with Crippen LogP contribution in [0.4, 0.5) is 0 Å². The van der Waals surface area contributed by atoms with Gasteiger partial charge in [-0.1, -0.05) is 25.0 Å². The Bertz CT molecular complexity index is 706. The van der Waals surface area contributed by atoms with Crippen molar-refractivity contribution >= 4 is 16.0 Å². The van der Waals surface area contributed by atoms with Gasteiger partial charge in [0.05, 0.1) is 4.90 Å². The van der Waals surface area contributed by atoms with Crippen LogP contribution in [-0.4, -0.2) is 45.4 Å². The van der Waals surface area contributed by atoms with Crippen molar-refractivity contribution in [1.82, 2.24) is 14.9 Å². The summed E-state index contributed by atoms with van der Waals surface area (Å²) in [5.74, 6) is 1.56. The third-order valence-corrected chi connectivity index (χ3v) is 7.26. The zero-order valence-electron chi connectivity index (χ0n) is 15.6. The standard InChI is InChI=1S/C19H30N4O2S/c1-20-19(21-14-16-6-5-7-16)22-15-17-8-10-18(11-9-17)26(24,25)23-12-3-2-4-13-23/h8-11,16H,2-7,12-15H2,1H3,(H2,20,21,22). The smallest absolute Gasteiger partial charge is 0.243 e. The molecule has 2 fully saturated rings. The van der Waals surface area contributed by atoms with Crippen molar-refractivity contribution in [3.05, 3.63) is 29.8 Å². The van der Waals surface area contributed by atoms with Crippen LogP contribution in [0.3, 0.4) is 0 Å². The molecule has 2 aliphatic rings. The molecule has 144 valence electrons. The SMILES string of the molecule is CN=C(NCc1ccc(S(=O)(=O)N2CCCCC2)cc1)NCC1CCC1. The van der Waals surface area contributed by atoms with Gasteiger partial charge in [-0.2, -0.15) is 4.31 Å². The molecule has 1 saturated carbocycles. The molecule has 1 saturated heterocycles. The number of nitrogens with one attached hydrogen (secondary N) is 2. The second kappa shape index (κ2) is 8.86. The summed E-state index contributed by atoms with van der Waals surface area (Å²) in [7, 11) is -1.58. The Hall–Kier alpha value is -1.60. The third-order valence-electron chi connectivity index (χ3n) is 5.34. The average Bonchev–Trinajstić information content (AvgIpc) is 2.64. The summed E-state index contributed by atoms with van der Waals surface area (Å²) in [6.45, 7) is 2.85. The highest BCUT2D eigenvalue weighted by atomic mass is 32.2. The number of rotatable bonds is 6. The van der Waals surface area contributed by atoms with E-state index in [-0.39, 0.29) is 0 Å². The van der Waals surface area contributed by atoms with E-state index in [4.69, 9.17) is 0 Å². The summed E-state index contributed by atoms with van der Waals surface area (Å²) >= 11 is 0. The van der Waals surface area contributed by atoms with Crippen LogP contribution >= 0.6 is 0 Å². The molecule has 0 unspecified atom stereocenters. The summed E-state index contributed by atoms with van der Waals surface area (Å²) in [5, 5.41) is 6.65. The zero-order chi connectivity index (χ0) is 18.4. The van der Waals surface area contributed by atoms with Gasteiger partial charge in [0.2, 0.25) is 10.0 Å². The first-order valence-electron chi connectivity index (χ1n) is 9.63. The third kappa shape index (κ3) is 4.76. The second-order valence-electron chi connectivity index (χ2n) is 7.21. The molecule has 0 amide bonds. The van der Waals surface area contributed by atoms with E-state index < -0.39 is 10.0 Å². The number of hydrogen-bond acceptors (Lipinski definition) is 3. The molecule has 0 spiro atoms. The fraction of sp³-hybridized carbons (Fsp3) is 0.632. The fourth-order valence-electron chi connectivity index (χ4n) is 3.38. The van der Waals surface area contributed by atoms with Crippen molar-refractivity contribution < 1.29 is 8.42 Å². The zero-order valence-corrected chi connectivity index (χ0v) is 16.4. The molecule has 1 aromatic rings. The highest BCUT2D eigenvalue weighted by Crippen LogP contribution is 2.25. The second-order valence-corrected chi connectivity index (χ2v) is 9.15. The monoisotopic (exact) mass is 378 g/mol. The molecule has 0 aromatic heterocycles. The Morgan fingerprint density at radius 2 is 1.77 bits per heavy atom. The predicted octanol–water partition coefficient (Wildman–Crippen LogP) is 2.33. The molecule has 26 heavy (non-hydrogen) atoms. The predicted molar refractivity (Wildman–Crippen MR) is 105 cm³/mol. The molecule has 1 aliphatic heterocycles. The molecule has 0 atom stereocenters. The largest absolute Gasteiger partial charge is 0.356 e. The highest BCUT2D eigenvalue weighted by Gasteiger charge is 2.25. The summed E-state index contributed by atoms with van der Waals surface area (Å²) in [6.07, 6.45) is 6.97. The molecule has 1 heterocycles. The number of aliphatic imine (C=N–C) groups is 1. The molecule has 3 rings (SSSR count). The first kappa shape index (κ1) is 19.2. The van der Waals surface area contributed by atoms with Crippen molar-refractivity contribution in [2.45, 2.75) is 50.0 Å². The molecular weight excluding hydrogens is 348 g/mol. The Morgan fingerprint density at radius 3 is 2.35 bits per heavy atom. The Kier molecular flexibility index (Phi) is 6.53. The molecule has 6 nitrogen and oxygen atoms in total. The summed E-state index contributed by atoms with van der Waals surface area (Å²) in [4.78, 5) is 4.63. The fourth-order valence-corrected chi connectivity index (χ4v) is 4.90. The lowest BCUT2D eigenvalue weighted by Crippen LogP contribution is -2.40. The van der Waals surface area contributed by atoms with Gasteiger partial charge in [-0.05, 0) is 49.3 Å². The van der Waals surface area contributed by atoms with E-state index in [1.807, 2.05) is 12.1 Å². The van der Waals surface area contributed by atoms with Gasteiger partial charge in [0.15, 0.2) is 5.96 Å². The van der Waals surface area contributed by atoms with E-state index in [0.717, 1.165) is 43.2 Å². The number of sulfonamides is 1. The first-order chi connectivity index (χ1) is 12.6. The first-order valence-corrected chi connectivity index (χ1v) is 11.1. The Balaban J connectivity index is 1.53. The molecule has 1 aromatic carbocycles.